The minimum absolute atomic E-state index is 0.0162. The molecule has 1 amide bonds. The van der Waals surface area contributed by atoms with Crippen LogP contribution in [0.1, 0.15) is 19.4 Å². The summed E-state index contributed by atoms with van der Waals surface area (Å²) in [5, 5.41) is 12.7. The van der Waals surface area contributed by atoms with Crippen molar-refractivity contribution < 1.29 is 9.90 Å². The number of β-amino-alcohol motifs (C(OH)–C–C–N with tert-alkyl or cyclic N) is 1. The Hall–Kier alpha value is -1.39. The summed E-state index contributed by atoms with van der Waals surface area (Å²) in [5.74, 6) is 0.233. The number of hydrogen-bond donors (Lipinski definition) is 2. The van der Waals surface area contributed by atoms with Crippen molar-refractivity contribution in [3.05, 3.63) is 35.9 Å². The molecule has 2 unspecified atom stereocenters. The predicted octanol–water partition coefficient (Wildman–Crippen LogP) is 1.00. The molecule has 1 aliphatic heterocycles. The van der Waals surface area contributed by atoms with E-state index in [1.54, 1.807) is 0 Å². The van der Waals surface area contributed by atoms with Crippen molar-refractivity contribution in [1.82, 2.24) is 10.2 Å². The normalized spacial score (nSPS) is 25.2. The van der Waals surface area contributed by atoms with Crippen molar-refractivity contribution in [1.29, 1.82) is 0 Å². The molecule has 1 aromatic rings. The summed E-state index contributed by atoms with van der Waals surface area (Å²) in [5.41, 5.74) is 1.16. The molecular weight excluding hydrogens is 240 g/mol. The van der Waals surface area contributed by atoms with Crippen molar-refractivity contribution in [3.8, 4) is 0 Å². The summed E-state index contributed by atoms with van der Waals surface area (Å²) < 4.78 is 0. The minimum atomic E-state index is -0.503. The average molecular weight is 262 g/mol. The molecule has 0 bridgehead atoms. The summed E-state index contributed by atoms with van der Waals surface area (Å²) >= 11 is 0. The number of amides is 1. The quantitative estimate of drug-likeness (QED) is 0.854. The highest BCUT2D eigenvalue weighted by atomic mass is 16.3. The number of carbonyl (C=O) groups excluding carboxylic acids is 1. The van der Waals surface area contributed by atoms with Crippen LogP contribution < -0.4 is 5.32 Å². The monoisotopic (exact) mass is 262 g/mol. The van der Waals surface area contributed by atoms with Crippen LogP contribution >= 0.6 is 0 Å². The van der Waals surface area contributed by atoms with Crippen LogP contribution in [-0.4, -0.2) is 41.1 Å². The molecule has 2 N–H and O–H groups in total. The Bertz CT molecular complexity index is 419. The molecule has 4 nitrogen and oxygen atoms in total. The van der Waals surface area contributed by atoms with Gasteiger partial charge in [-0.3, -0.25) is 9.69 Å². The van der Waals surface area contributed by atoms with E-state index in [9.17, 15) is 9.90 Å². The molecule has 1 saturated heterocycles. The highest BCUT2D eigenvalue weighted by Crippen LogP contribution is 2.17. The molecule has 0 spiro atoms. The van der Waals surface area contributed by atoms with Gasteiger partial charge in [-0.15, -0.1) is 0 Å². The number of hydrogen-bond acceptors (Lipinski definition) is 3. The highest BCUT2D eigenvalue weighted by molar-refractivity contribution is 5.82. The van der Waals surface area contributed by atoms with E-state index in [0.717, 1.165) is 5.56 Å². The molecule has 1 fully saturated rings. The van der Waals surface area contributed by atoms with Gasteiger partial charge in [0.25, 0.3) is 0 Å². The second-order valence-corrected chi connectivity index (χ2v) is 5.50. The summed E-state index contributed by atoms with van der Waals surface area (Å²) in [7, 11) is 0. The van der Waals surface area contributed by atoms with Gasteiger partial charge < -0.3 is 10.4 Å². The van der Waals surface area contributed by atoms with Crippen LogP contribution in [0, 0.1) is 5.92 Å². The molecule has 0 saturated carbocycles. The van der Waals surface area contributed by atoms with E-state index < -0.39 is 6.10 Å². The van der Waals surface area contributed by atoms with Gasteiger partial charge in [-0.1, -0.05) is 44.2 Å². The first-order chi connectivity index (χ1) is 9.08. The molecule has 104 valence electrons. The zero-order valence-electron chi connectivity index (χ0n) is 11.5. The SMILES string of the molecule is CC(C)C1C(=O)NCC(O)CN1Cc1ccccc1. The predicted molar refractivity (Wildman–Crippen MR) is 74.5 cm³/mol. The first-order valence-electron chi connectivity index (χ1n) is 6.81. The molecule has 1 aliphatic rings. The molecule has 2 rings (SSSR count). The van der Waals surface area contributed by atoms with Gasteiger partial charge in [-0.25, -0.2) is 0 Å². The van der Waals surface area contributed by atoms with E-state index in [4.69, 9.17) is 0 Å². The lowest BCUT2D eigenvalue weighted by molar-refractivity contribution is -0.127. The number of rotatable bonds is 3. The number of nitrogens with one attached hydrogen (secondary N) is 1. The maximum atomic E-state index is 12.1. The van der Waals surface area contributed by atoms with Crippen LogP contribution in [0.2, 0.25) is 0 Å². The third-order valence-corrected chi connectivity index (χ3v) is 3.48. The fraction of sp³-hybridized carbons (Fsp3) is 0.533. The lowest BCUT2D eigenvalue weighted by Crippen LogP contribution is -2.47. The molecule has 1 heterocycles. The Kier molecular flexibility index (Phi) is 4.56. The van der Waals surface area contributed by atoms with E-state index in [1.165, 1.54) is 0 Å². The zero-order valence-corrected chi connectivity index (χ0v) is 11.5. The van der Waals surface area contributed by atoms with E-state index in [0.29, 0.717) is 19.6 Å². The summed E-state index contributed by atoms with van der Waals surface area (Å²) in [4.78, 5) is 14.2. The Labute approximate surface area is 114 Å². The molecule has 0 radical (unpaired) electrons. The van der Waals surface area contributed by atoms with Gasteiger partial charge in [0.2, 0.25) is 5.91 Å². The van der Waals surface area contributed by atoms with Crippen LogP contribution in [0.5, 0.6) is 0 Å². The fourth-order valence-corrected chi connectivity index (χ4v) is 2.64. The van der Waals surface area contributed by atoms with Gasteiger partial charge in [0.05, 0.1) is 12.1 Å². The first-order valence-corrected chi connectivity index (χ1v) is 6.81. The highest BCUT2D eigenvalue weighted by Gasteiger charge is 2.33. The maximum absolute atomic E-state index is 12.1. The molecular formula is C15H22N2O2. The number of benzene rings is 1. The van der Waals surface area contributed by atoms with E-state index in [2.05, 4.69) is 10.2 Å². The number of nitrogens with zero attached hydrogens (tertiary/aromatic N) is 1. The maximum Gasteiger partial charge on any atom is 0.237 e. The van der Waals surface area contributed by atoms with Crippen LogP contribution in [-0.2, 0) is 11.3 Å². The summed E-state index contributed by atoms with van der Waals surface area (Å²) in [6, 6.07) is 9.88. The van der Waals surface area contributed by atoms with Gasteiger partial charge in [-0.05, 0) is 11.5 Å². The average Bonchev–Trinajstić information content (AvgIpc) is 2.50. The van der Waals surface area contributed by atoms with Crippen molar-refractivity contribution in [2.24, 2.45) is 5.92 Å². The molecule has 19 heavy (non-hydrogen) atoms. The standard InChI is InChI=1S/C15H22N2O2/c1-11(2)14-15(19)16-8-13(18)10-17(14)9-12-6-4-3-5-7-12/h3-7,11,13-14,18H,8-10H2,1-2H3,(H,16,19). The van der Waals surface area contributed by atoms with Crippen LogP contribution in [0.4, 0.5) is 0 Å². The van der Waals surface area contributed by atoms with E-state index in [-0.39, 0.29) is 17.9 Å². The minimum Gasteiger partial charge on any atom is -0.390 e. The second kappa shape index (κ2) is 6.17. The van der Waals surface area contributed by atoms with Crippen LogP contribution in [0.15, 0.2) is 30.3 Å². The third kappa shape index (κ3) is 3.55. The van der Waals surface area contributed by atoms with Crippen LogP contribution in [0.25, 0.3) is 0 Å². The van der Waals surface area contributed by atoms with Gasteiger partial charge in [0.1, 0.15) is 0 Å². The van der Waals surface area contributed by atoms with Crippen molar-refractivity contribution in [3.63, 3.8) is 0 Å². The molecule has 0 aliphatic carbocycles. The smallest absolute Gasteiger partial charge is 0.237 e. The summed E-state index contributed by atoms with van der Waals surface area (Å²) in [6.07, 6.45) is -0.503. The zero-order chi connectivity index (χ0) is 13.8. The number of carbonyl (C=O) groups is 1. The fourth-order valence-electron chi connectivity index (χ4n) is 2.64. The van der Waals surface area contributed by atoms with Crippen molar-refractivity contribution in [2.75, 3.05) is 13.1 Å². The molecule has 2 atom stereocenters. The Morgan fingerprint density at radius 3 is 2.68 bits per heavy atom. The summed E-state index contributed by atoms with van der Waals surface area (Å²) in [6.45, 7) is 5.64. The lowest BCUT2D eigenvalue weighted by atomic mass is 10.0. The van der Waals surface area contributed by atoms with Gasteiger partial charge in [0, 0.05) is 19.6 Å². The van der Waals surface area contributed by atoms with Gasteiger partial charge in [-0.2, -0.15) is 0 Å². The third-order valence-electron chi connectivity index (χ3n) is 3.48. The van der Waals surface area contributed by atoms with E-state index >= 15 is 0 Å². The largest absolute Gasteiger partial charge is 0.390 e. The molecule has 4 heteroatoms. The first kappa shape index (κ1) is 14.0. The molecule has 0 aromatic heterocycles. The Balaban J connectivity index is 2.19. The van der Waals surface area contributed by atoms with Crippen molar-refractivity contribution >= 4 is 5.91 Å². The Morgan fingerprint density at radius 2 is 2.05 bits per heavy atom. The van der Waals surface area contributed by atoms with Crippen LogP contribution in [0.3, 0.4) is 0 Å². The number of aliphatic hydroxyl groups excluding tert-OH is 1. The Morgan fingerprint density at radius 1 is 1.37 bits per heavy atom. The number of aliphatic hydroxyl groups is 1. The van der Waals surface area contributed by atoms with Gasteiger partial charge >= 0.3 is 0 Å². The van der Waals surface area contributed by atoms with Gasteiger partial charge in [0.15, 0.2) is 0 Å². The second-order valence-electron chi connectivity index (χ2n) is 5.50. The molecule has 1 aromatic carbocycles. The lowest BCUT2D eigenvalue weighted by Gasteiger charge is -2.31. The van der Waals surface area contributed by atoms with Crippen molar-refractivity contribution in [2.45, 2.75) is 32.5 Å². The topological polar surface area (TPSA) is 52.6 Å². The van der Waals surface area contributed by atoms with E-state index in [1.807, 2.05) is 44.2 Å².